The summed E-state index contributed by atoms with van der Waals surface area (Å²) < 4.78 is 11.8. The normalized spacial score (nSPS) is 17.3. The van der Waals surface area contributed by atoms with E-state index in [4.69, 9.17) is 21.1 Å². The van der Waals surface area contributed by atoms with Gasteiger partial charge < -0.3 is 14.8 Å². The molecule has 8 heteroatoms. The van der Waals surface area contributed by atoms with Gasteiger partial charge in [0.2, 0.25) is 0 Å². The molecule has 0 amide bonds. The van der Waals surface area contributed by atoms with E-state index < -0.39 is 4.92 Å². The van der Waals surface area contributed by atoms with Gasteiger partial charge in [-0.3, -0.25) is 10.1 Å². The molecule has 0 bridgehead atoms. The molecule has 3 rings (SSSR count). The zero-order valence-corrected chi connectivity index (χ0v) is 15.8. The predicted octanol–water partition coefficient (Wildman–Crippen LogP) is 4.38. The van der Waals surface area contributed by atoms with Gasteiger partial charge in [-0.2, -0.15) is 0 Å². The molecule has 27 heavy (non-hydrogen) atoms. The van der Waals surface area contributed by atoms with Crippen LogP contribution in [0.2, 0.25) is 5.02 Å². The van der Waals surface area contributed by atoms with Crippen LogP contribution in [0.5, 0.6) is 0 Å². The van der Waals surface area contributed by atoms with Crippen LogP contribution in [0.25, 0.3) is 0 Å². The molecular formula is C19H22ClN3O4. The van der Waals surface area contributed by atoms with Gasteiger partial charge in [0.1, 0.15) is 18.1 Å². The summed E-state index contributed by atoms with van der Waals surface area (Å²) in [6.45, 7) is 3.38. The highest BCUT2D eigenvalue weighted by Gasteiger charge is 2.26. The lowest BCUT2D eigenvalue weighted by molar-refractivity contribution is -0.385. The third-order valence-electron chi connectivity index (χ3n) is 4.49. The molecule has 1 aliphatic rings. The van der Waals surface area contributed by atoms with Crippen LogP contribution < -0.4 is 5.32 Å². The lowest BCUT2D eigenvalue weighted by Crippen LogP contribution is -2.33. The van der Waals surface area contributed by atoms with Crippen molar-refractivity contribution in [2.45, 2.75) is 38.0 Å². The number of hydrogen-bond acceptors (Lipinski definition) is 6. The van der Waals surface area contributed by atoms with Crippen LogP contribution in [-0.2, 0) is 9.47 Å². The Labute approximate surface area is 162 Å². The molecule has 1 aromatic carbocycles. The molecular weight excluding hydrogens is 370 g/mol. The zero-order chi connectivity index (χ0) is 19.2. The van der Waals surface area contributed by atoms with Crippen LogP contribution >= 0.6 is 11.6 Å². The number of nitro groups is 1. The molecule has 0 spiro atoms. The number of pyridine rings is 1. The van der Waals surface area contributed by atoms with Gasteiger partial charge in [0, 0.05) is 19.3 Å². The topological polar surface area (TPSA) is 86.5 Å². The molecule has 1 N–H and O–H groups in total. The number of hydrogen-bond donors (Lipinski definition) is 1. The van der Waals surface area contributed by atoms with Gasteiger partial charge in [0.05, 0.1) is 22.1 Å². The van der Waals surface area contributed by atoms with Crippen LogP contribution in [0.3, 0.4) is 0 Å². The summed E-state index contributed by atoms with van der Waals surface area (Å²) in [5.74, 6) is 0.395. The number of nitrogens with zero attached hydrogens (tertiary/aromatic N) is 2. The Balaban J connectivity index is 1.78. The number of ether oxygens (including phenoxy) is 2. The maximum absolute atomic E-state index is 10.9. The van der Waals surface area contributed by atoms with Gasteiger partial charge in [-0.15, -0.1) is 0 Å². The first kappa shape index (κ1) is 19.5. The molecule has 1 fully saturated rings. The Morgan fingerprint density at radius 1 is 1.33 bits per heavy atom. The fourth-order valence-corrected chi connectivity index (χ4v) is 3.29. The van der Waals surface area contributed by atoms with Gasteiger partial charge in [-0.05, 0) is 25.3 Å². The Morgan fingerprint density at radius 3 is 2.67 bits per heavy atom. The van der Waals surface area contributed by atoms with E-state index in [9.17, 15) is 10.1 Å². The summed E-state index contributed by atoms with van der Waals surface area (Å²) in [6, 6.07) is 11.1. The predicted molar refractivity (Wildman–Crippen MR) is 103 cm³/mol. The van der Waals surface area contributed by atoms with Crippen molar-refractivity contribution in [1.82, 2.24) is 4.98 Å². The second kappa shape index (κ2) is 9.12. The molecule has 7 nitrogen and oxygen atoms in total. The monoisotopic (exact) mass is 391 g/mol. The first-order chi connectivity index (χ1) is 13.0. The maximum Gasteiger partial charge on any atom is 0.289 e. The fraction of sp³-hybridized carbons (Fsp3) is 0.421. The minimum atomic E-state index is -0.521. The quantitative estimate of drug-likeness (QED) is 0.556. The van der Waals surface area contributed by atoms with Crippen molar-refractivity contribution in [1.29, 1.82) is 0 Å². The van der Waals surface area contributed by atoms with Gasteiger partial charge in [-0.1, -0.05) is 41.9 Å². The van der Waals surface area contributed by atoms with E-state index in [-0.39, 0.29) is 29.0 Å². The number of halogens is 1. The summed E-state index contributed by atoms with van der Waals surface area (Å²) in [4.78, 5) is 14.4. The van der Waals surface area contributed by atoms with Crippen LogP contribution in [-0.4, -0.2) is 35.3 Å². The number of anilines is 1. The molecule has 2 aromatic rings. The van der Waals surface area contributed by atoms with E-state index in [1.165, 1.54) is 12.3 Å². The molecule has 0 saturated carbocycles. The van der Waals surface area contributed by atoms with Crippen molar-refractivity contribution in [2.75, 3.05) is 18.5 Å². The van der Waals surface area contributed by atoms with Crippen molar-refractivity contribution in [3.63, 3.8) is 0 Å². The van der Waals surface area contributed by atoms with E-state index >= 15 is 0 Å². The first-order valence-electron chi connectivity index (χ1n) is 8.89. The van der Waals surface area contributed by atoms with Crippen LogP contribution in [0.4, 0.5) is 11.5 Å². The van der Waals surface area contributed by atoms with Crippen LogP contribution in [0, 0.1) is 10.1 Å². The van der Waals surface area contributed by atoms with Crippen molar-refractivity contribution in [3.8, 4) is 0 Å². The number of nitrogens with one attached hydrogen (secondary N) is 1. The maximum atomic E-state index is 10.9. The standard InChI is InChI=1S/C19H22ClN3O4/c1-13(22-19-17(20)11-15(12-21-19)23(24)25)18(14-5-3-2-4-6-14)27-16-7-9-26-10-8-16/h2-6,11-13,16,18H,7-10H2,1H3,(H,21,22). The molecule has 1 aromatic heterocycles. The SMILES string of the molecule is CC(Nc1ncc([N+](=O)[O-])cc1Cl)C(OC1CCOCC1)c1ccccc1. The third kappa shape index (κ3) is 5.15. The van der Waals surface area contributed by atoms with E-state index in [1.54, 1.807) is 0 Å². The number of benzene rings is 1. The Hall–Kier alpha value is -2.22. The average Bonchev–Trinajstić information content (AvgIpc) is 2.69. The van der Waals surface area contributed by atoms with E-state index in [0.29, 0.717) is 19.0 Å². The summed E-state index contributed by atoms with van der Waals surface area (Å²) in [7, 11) is 0. The van der Waals surface area contributed by atoms with Gasteiger partial charge in [0.25, 0.3) is 5.69 Å². The average molecular weight is 392 g/mol. The van der Waals surface area contributed by atoms with Crippen LogP contribution in [0.1, 0.15) is 31.4 Å². The van der Waals surface area contributed by atoms with E-state index in [2.05, 4.69) is 10.3 Å². The highest BCUT2D eigenvalue weighted by molar-refractivity contribution is 6.33. The molecule has 1 saturated heterocycles. The third-order valence-corrected chi connectivity index (χ3v) is 4.78. The second-order valence-electron chi connectivity index (χ2n) is 6.49. The van der Waals surface area contributed by atoms with E-state index in [0.717, 1.165) is 18.4 Å². The Kier molecular flexibility index (Phi) is 6.60. The lowest BCUT2D eigenvalue weighted by Gasteiger charge is -2.32. The zero-order valence-electron chi connectivity index (χ0n) is 15.0. The van der Waals surface area contributed by atoms with Gasteiger partial charge in [0.15, 0.2) is 0 Å². The van der Waals surface area contributed by atoms with Crippen LogP contribution in [0.15, 0.2) is 42.6 Å². The van der Waals surface area contributed by atoms with Crippen molar-refractivity contribution < 1.29 is 14.4 Å². The first-order valence-corrected chi connectivity index (χ1v) is 9.27. The lowest BCUT2D eigenvalue weighted by atomic mass is 10.0. The Bertz CT molecular complexity index is 769. The molecule has 1 aliphatic heterocycles. The molecule has 0 aliphatic carbocycles. The summed E-state index contributed by atoms with van der Waals surface area (Å²) in [5.41, 5.74) is 0.901. The molecule has 2 atom stereocenters. The molecule has 2 heterocycles. The highest BCUT2D eigenvalue weighted by Crippen LogP contribution is 2.30. The number of aromatic nitrogens is 1. The fourth-order valence-electron chi connectivity index (χ4n) is 3.07. The Morgan fingerprint density at radius 2 is 2.04 bits per heavy atom. The molecule has 0 radical (unpaired) electrons. The summed E-state index contributed by atoms with van der Waals surface area (Å²) in [5, 5.41) is 14.3. The van der Waals surface area contributed by atoms with Crippen molar-refractivity contribution in [3.05, 3.63) is 63.3 Å². The minimum Gasteiger partial charge on any atom is -0.381 e. The summed E-state index contributed by atoms with van der Waals surface area (Å²) >= 11 is 6.17. The number of rotatable bonds is 7. The van der Waals surface area contributed by atoms with Gasteiger partial charge in [-0.25, -0.2) is 4.98 Å². The molecule has 144 valence electrons. The van der Waals surface area contributed by atoms with E-state index in [1.807, 2.05) is 37.3 Å². The highest BCUT2D eigenvalue weighted by atomic mass is 35.5. The summed E-state index contributed by atoms with van der Waals surface area (Å²) in [6.07, 6.45) is 2.80. The minimum absolute atomic E-state index is 0.119. The largest absolute Gasteiger partial charge is 0.381 e. The van der Waals surface area contributed by atoms with Gasteiger partial charge >= 0.3 is 0 Å². The smallest absolute Gasteiger partial charge is 0.289 e. The molecule has 2 unspecified atom stereocenters. The second-order valence-corrected chi connectivity index (χ2v) is 6.90. The van der Waals surface area contributed by atoms with Crippen molar-refractivity contribution >= 4 is 23.1 Å². The van der Waals surface area contributed by atoms with Crippen molar-refractivity contribution in [2.24, 2.45) is 0 Å².